The lowest BCUT2D eigenvalue weighted by molar-refractivity contribution is 0.0935. The average Bonchev–Trinajstić information content (AvgIpc) is 2.31. The fraction of sp³-hybridized carbons (Fsp3) is 0.417. The maximum absolute atomic E-state index is 12.0. The van der Waals surface area contributed by atoms with Crippen LogP contribution in [0.25, 0.3) is 0 Å². The molecule has 1 N–H and O–H groups in total. The highest BCUT2D eigenvalue weighted by Crippen LogP contribution is 2.25. The van der Waals surface area contributed by atoms with Gasteiger partial charge in [0.05, 0.1) is 15.6 Å². The zero-order valence-electron chi connectivity index (χ0n) is 9.47. The van der Waals surface area contributed by atoms with Crippen molar-refractivity contribution in [2.45, 2.75) is 25.8 Å². The lowest BCUT2D eigenvalue weighted by Crippen LogP contribution is -2.34. The molecule has 0 saturated carbocycles. The normalized spacial score (nSPS) is 12.2. The summed E-state index contributed by atoms with van der Waals surface area (Å²) in [5.41, 5.74) is 0.396. The van der Waals surface area contributed by atoms with E-state index in [0.717, 1.165) is 12.8 Å². The van der Waals surface area contributed by atoms with Crippen molar-refractivity contribution in [3.8, 4) is 0 Å². The van der Waals surface area contributed by atoms with E-state index in [4.69, 9.17) is 34.8 Å². The van der Waals surface area contributed by atoms with Crippen molar-refractivity contribution in [2.24, 2.45) is 0 Å². The van der Waals surface area contributed by atoms with Crippen molar-refractivity contribution >= 4 is 40.7 Å². The fourth-order valence-electron chi connectivity index (χ4n) is 1.45. The van der Waals surface area contributed by atoms with E-state index in [1.165, 1.54) is 0 Å². The summed E-state index contributed by atoms with van der Waals surface area (Å²) in [4.78, 5) is 12.0. The first kappa shape index (κ1) is 14.6. The first-order valence-corrected chi connectivity index (χ1v) is 6.70. The number of halogens is 3. The SMILES string of the molecule is CCC(CCCl)NC(=O)c1cccc(Cl)c1Cl. The van der Waals surface area contributed by atoms with Crippen LogP contribution >= 0.6 is 34.8 Å². The van der Waals surface area contributed by atoms with Gasteiger partial charge < -0.3 is 5.32 Å². The van der Waals surface area contributed by atoms with E-state index in [0.29, 0.717) is 16.5 Å². The molecular weight excluding hydrogens is 280 g/mol. The number of carbonyl (C=O) groups is 1. The number of hydrogen-bond donors (Lipinski definition) is 1. The van der Waals surface area contributed by atoms with E-state index in [2.05, 4.69) is 5.32 Å². The van der Waals surface area contributed by atoms with E-state index in [1.54, 1.807) is 18.2 Å². The van der Waals surface area contributed by atoms with Gasteiger partial charge in [0.25, 0.3) is 5.91 Å². The molecule has 0 aliphatic carbocycles. The number of rotatable bonds is 5. The highest BCUT2D eigenvalue weighted by molar-refractivity contribution is 6.43. The van der Waals surface area contributed by atoms with Crippen LogP contribution in [0.4, 0.5) is 0 Å². The summed E-state index contributed by atoms with van der Waals surface area (Å²) in [6.07, 6.45) is 1.57. The highest BCUT2D eigenvalue weighted by Gasteiger charge is 2.15. The van der Waals surface area contributed by atoms with E-state index in [-0.39, 0.29) is 17.0 Å². The van der Waals surface area contributed by atoms with Gasteiger partial charge in [-0.15, -0.1) is 11.6 Å². The molecule has 0 aromatic heterocycles. The van der Waals surface area contributed by atoms with Gasteiger partial charge in [-0.3, -0.25) is 4.79 Å². The number of amides is 1. The van der Waals surface area contributed by atoms with Crippen molar-refractivity contribution in [2.75, 3.05) is 5.88 Å². The van der Waals surface area contributed by atoms with Gasteiger partial charge in [0, 0.05) is 11.9 Å². The van der Waals surface area contributed by atoms with Crippen LogP contribution in [-0.4, -0.2) is 17.8 Å². The summed E-state index contributed by atoms with van der Waals surface area (Å²) in [7, 11) is 0. The third-order valence-electron chi connectivity index (χ3n) is 2.48. The van der Waals surface area contributed by atoms with Gasteiger partial charge in [-0.05, 0) is 25.0 Å². The molecule has 1 aromatic rings. The van der Waals surface area contributed by atoms with Gasteiger partial charge in [0.15, 0.2) is 0 Å². The smallest absolute Gasteiger partial charge is 0.253 e. The van der Waals surface area contributed by atoms with Crippen molar-refractivity contribution in [1.82, 2.24) is 5.32 Å². The number of benzene rings is 1. The molecule has 0 heterocycles. The summed E-state index contributed by atoms with van der Waals surface area (Å²) in [5, 5.41) is 3.55. The third-order valence-corrected chi connectivity index (χ3v) is 3.52. The van der Waals surface area contributed by atoms with Gasteiger partial charge in [0.2, 0.25) is 0 Å². The minimum Gasteiger partial charge on any atom is -0.349 e. The van der Waals surface area contributed by atoms with E-state index >= 15 is 0 Å². The van der Waals surface area contributed by atoms with Crippen LogP contribution in [0.5, 0.6) is 0 Å². The Morgan fingerprint density at radius 1 is 1.41 bits per heavy atom. The molecule has 1 aromatic carbocycles. The topological polar surface area (TPSA) is 29.1 Å². The average molecular weight is 295 g/mol. The molecule has 0 bridgehead atoms. The maximum atomic E-state index is 12.0. The Morgan fingerprint density at radius 3 is 2.71 bits per heavy atom. The second kappa shape index (κ2) is 7.10. The second-order valence-corrected chi connectivity index (χ2v) is 4.82. The van der Waals surface area contributed by atoms with E-state index < -0.39 is 0 Å². The molecule has 0 aliphatic heterocycles. The quantitative estimate of drug-likeness (QED) is 0.813. The molecule has 1 rings (SSSR count). The van der Waals surface area contributed by atoms with Gasteiger partial charge in [0.1, 0.15) is 0 Å². The van der Waals surface area contributed by atoms with Crippen molar-refractivity contribution < 1.29 is 4.79 Å². The first-order chi connectivity index (χ1) is 8.10. The van der Waals surface area contributed by atoms with Crippen LogP contribution in [0, 0.1) is 0 Å². The maximum Gasteiger partial charge on any atom is 0.253 e. The molecule has 17 heavy (non-hydrogen) atoms. The molecule has 0 spiro atoms. The minimum absolute atomic E-state index is 0.0649. The zero-order valence-corrected chi connectivity index (χ0v) is 11.7. The lowest BCUT2D eigenvalue weighted by Gasteiger charge is -2.16. The Balaban J connectivity index is 2.79. The summed E-state index contributed by atoms with van der Waals surface area (Å²) in [5.74, 6) is 0.302. The Labute approximate surface area is 116 Å². The monoisotopic (exact) mass is 293 g/mol. The Bertz CT molecular complexity index is 395. The summed E-state index contributed by atoms with van der Waals surface area (Å²) in [6.45, 7) is 2.00. The van der Waals surface area contributed by atoms with E-state index in [1.807, 2.05) is 6.92 Å². The Kier molecular flexibility index (Phi) is 6.10. The molecule has 0 aliphatic rings. The summed E-state index contributed by atoms with van der Waals surface area (Å²) < 4.78 is 0. The molecule has 94 valence electrons. The molecule has 1 atom stereocenters. The molecule has 1 unspecified atom stereocenters. The predicted octanol–water partition coefficient (Wildman–Crippen LogP) is 4.13. The standard InChI is InChI=1S/C12H14Cl3NO/c1-2-8(6-7-13)16-12(17)9-4-3-5-10(14)11(9)15/h3-5,8H,2,6-7H2,1H3,(H,16,17). The summed E-state index contributed by atoms with van der Waals surface area (Å²) >= 11 is 17.5. The lowest BCUT2D eigenvalue weighted by atomic mass is 10.1. The number of hydrogen-bond acceptors (Lipinski definition) is 1. The molecule has 1 amide bonds. The second-order valence-electron chi connectivity index (χ2n) is 3.66. The Hall–Kier alpha value is -0.440. The Morgan fingerprint density at radius 2 is 2.12 bits per heavy atom. The first-order valence-electron chi connectivity index (χ1n) is 5.41. The van der Waals surface area contributed by atoms with Crippen LogP contribution in [0.2, 0.25) is 10.0 Å². The van der Waals surface area contributed by atoms with E-state index in [9.17, 15) is 4.79 Å². The van der Waals surface area contributed by atoms with Gasteiger partial charge in [-0.25, -0.2) is 0 Å². The highest BCUT2D eigenvalue weighted by atomic mass is 35.5. The van der Waals surface area contributed by atoms with Crippen LogP contribution in [0.1, 0.15) is 30.1 Å². The molecule has 0 saturated heterocycles. The van der Waals surface area contributed by atoms with Crippen molar-refractivity contribution in [3.05, 3.63) is 33.8 Å². The fourth-order valence-corrected chi connectivity index (χ4v) is 2.10. The minimum atomic E-state index is -0.213. The largest absolute Gasteiger partial charge is 0.349 e. The molecule has 0 fully saturated rings. The number of carbonyl (C=O) groups excluding carboxylic acids is 1. The number of nitrogens with one attached hydrogen (secondary N) is 1. The molecule has 5 heteroatoms. The van der Waals surface area contributed by atoms with Crippen LogP contribution in [0.15, 0.2) is 18.2 Å². The van der Waals surface area contributed by atoms with Gasteiger partial charge in [-0.2, -0.15) is 0 Å². The van der Waals surface area contributed by atoms with Crippen LogP contribution in [0.3, 0.4) is 0 Å². The zero-order chi connectivity index (χ0) is 12.8. The molecule has 2 nitrogen and oxygen atoms in total. The third kappa shape index (κ3) is 4.06. The van der Waals surface area contributed by atoms with Crippen LogP contribution in [-0.2, 0) is 0 Å². The van der Waals surface area contributed by atoms with Crippen molar-refractivity contribution in [3.63, 3.8) is 0 Å². The predicted molar refractivity (Wildman–Crippen MR) is 73.3 cm³/mol. The van der Waals surface area contributed by atoms with Gasteiger partial charge >= 0.3 is 0 Å². The van der Waals surface area contributed by atoms with Crippen LogP contribution < -0.4 is 5.32 Å². The van der Waals surface area contributed by atoms with Crippen molar-refractivity contribution in [1.29, 1.82) is 0 Å². The van der Waals surface area contributed by atoms with Gasteiger partial charge in [-0.1, -0.05) is 36.2 Å². The molecular formula is C12H14Cl3NO. The summed E-state index contributed by atoms with van der Waals surface area (Å²) in [6, 6.07) is 5.06. The molecule has 0 radical (unpaired) electrons. The number of alkyl halides is 1.